The molecule has 0 fully saturated rings. The van der Waals surface area contributed by atoms with Gasteiger partial charge in [0.1, 0.15) is 11.6 Å². The third-order valence-corrected chi connectivity index (χ3v) is 11.9. The van der Waals surface area contributed by atoms with Crippen LogP contribution in [0.1, 0.15) is 100 Å². The Morgan fingerprint density at radius 2 is 1.20 bits per heavy atom. The smallest absolute Gasteiger partial charge is 0.149 e. The van der Waals surface area contributed by atoms with E-state index in [1.165, 1.54) is 27.8 Å². The van der Waals surface area contributed by atoms with E-state index in [1.54, 1.807) is 0 Å². The van der Waals surface area contributed by atoms with E-state index in [2.05, 4.69) is 172 Å². The lowest BCUT2D eigenvalue weighted by Gasteiger charge is -2.30. The van der Waals surface area contributed by atoms with E-state index in [4.69, 9.17) is 9.97 Å². The Bertz CT molecular complexity index is 2870. The number of phenols is 1. The van der Waals surface area contributed by atoms with E-state index in [-0.39, 0.29) is 22.5 Å². The van der Waals surface area contributed by atoms with Crippen LogP contribution in [-0.2, 0) is 10.8 Å². The molecule has 0 unspecified atom stereocenters. The van der Waals surface area contributed by atoms with E-state index < -0.39 is 0 Å². The molecule has 0 saturated carbocycles. The van der Waals surface area contributed by atoms with Gasteiger partial charge in [-0.2, -0.15) is 0 Å². The standard InChI is InChI=1S/C55H57N3O/c1-32(2)38-27-39(42-18-13-16-37-17-15-23-56-50(37)42)29-40(28-38)44-30-41(49-45(54(7,8)9)19-14-20-46(49)55(10,11)12)31-47-51(44)57-53(43-22-21-33(3)26-48(43)59)58(47)52-35(5)24-34(4)25-36(52)6/h13-32,59H,1-12H3. The largest absolute Gasteiger partial charge is 0.507 e. The van der Waals surface area contributed by atoms with Crippen LogP contribution in [0.4, 0.5) is 0 Å². The molecule has 0 aliphatic rings. The molecule has 0 spiro atoms. The van der Waals surface area contributed by atoms with Crippen molar-refractivity contribution < 1.29 is 5.11 Å². The van der Waals surface area contributed by atoms with Crippen molar-refractivity contribution in [1.29, 1.82) is 0 Å². The highest BCUT2D eigenvalue weighted by Crippen LogP contribution is 2.46. The maximum absolute atomic E-state index is 11.7. The van der Waals surface area contributed by atoms with Crippen molar-refractivity contribution in [2.75, 3.05) is 0 Å². The highest BCUT2D eigenvalue weighted by atomic mass is 16.3. The summed E-state index contributed by atoms with van der Waals surface area (Å²) in [5.74, 6) is 1.20. The van der Waals surface area contributed by atoms with E-state index in [0.29, 0.717) is 11.4 Å². The van der Waals surface area contributed by atoms with Crippen LogP contribution >= 0.6 is 0 Å². The number of hydrogen-bond donors (Lipinski definition) is 1. The monoisotopic (exact) mass is 775 g/mol. The third-order valence-electron chi connectivity index (χ3n) is 11.9. The second-order valence-electron chi connectivity index (χ2n) is 19.0. The first kappa shape index (κ1) is 39.8. The fraction of sp³-hybridized carbons (Fsp3) is 0.273. The third kappa shape index (κ3) is 7.24. The van der Waals surface area contributed by atoms with Crippen molar-refractivity contribution in [3.63, 3.8) is 0 Å². The second-order valence-corrected chi connectivity index (χ2v) is 19.0. The second kappa shape index (κ2) is 14.7. The molecule has 59 heavy (non-hydrogen) atoms. The van der Waals surface area contributed by atoms with E-state index in [0.717, 1.165) is 72.1 Å². The van der Waals surface area contributed by atoms with E-state index in [1.807, 2.05) is 31.3 Å². The van der Waals surface area contributed by atoms with Crippen LogP contribution in [0, 0.1) is 27.7 Å². The number of fused-ring (bicyclic) bond motifs is 2. The molecule has 8 rings (SSSR count). The van der Waals surface area contributed by atoms with Gasteiger partial charge >= 0.3 is 0 Å². The van der Waals surface area contributed by atoms with Gasteiger partial charge in [0.15, 0.2) is 0 Å². The quantitative estimate of drug-likeness (QED) is 0.183. The number of benzene rings is 6. The molecule has 6 aromatic carbocycles. The minimum Gasteiger partial charge on any atom is -0.507 e. The Kier molecular flexibility index (Phi) is 9.90. The van der Waals surface area contributed by atoms with Gasteiger partial charge in [0.2, 0.25) is 0 Å². The molecule has 0 aliphatic heterocycles. The molecule has 1 N–H and O–H groups in total. The van der Waals surface area contributed by atoms with Gasteiger partial charge in [-0.25, -0.2) is 4.98 Å². The number of aromatic hydroxyl groups is 1. The maximum Gasteiger partial charge on any atom is 0.149 e. The van der Waals surface area contributed by atoms with Crippen molar-refractivity contribution in [2.45, 2.75) is 99.8 Å². The molecule has 2 aromatic heterocycles. The maximum atomic E-state index is 11.7. The Hall–Kier alpha value is -6.00. The molecule has 0 radical (unpaired) electrons. The van der Waals surface area contributed by atoms with E-state index in [9.17, 15) is 5.11 Å². The SMILES string of the molecule is Cc1cc(C)c(-n2c(-c3ccc(C)cc3O)nc3c(-c4cc(-c5cccc6cccnc56)cc(C(C)C)c4)cc(-c4c(C(C)(C)C)cccc4C(C)(C)C)cc32)c(C)c1. The number of aryl methyl sites for hydroxylation is 4. The number of rotatable bonds is 6. The topological polar surface area (TPSA) is 50.9 Å². The summed E-state index contributed by atoms with van der Waals surface area (Å²) in [7, 11) is 0. The Morgan fingerprint density at radius 3 is 1.83 bits per heavy atom. The van der Waals surface area contributed by atoms with Crippen molar-refractivity contribution in [3.05, 3.63) is 154 Å². The molecule has 4 heteroatoms. The van der Waals surface area contributed by atoms with Crippen LogP contribution in [0.5, 0.6) is 5.75 Å². The van der Waals surface area contributed by atoms with Crippen LogP contribution in [0.2, 0.25) is 0 Å². The van der Waals surface area contributed by atoms with Gasteiger partial charge in [0.05, 0.1) is 27.8 Å². The zero-order valence-corrected chi connectivity index (χ0v) is 36.8. The number of nitrogens with zero attached hydrogens (tertiary/aromatic N) is 3. The predicted molar refractivity (Wildman–Crippen MR) is 250 cm³/mol. The Labute approximate surface area is 350 Å². The zero-order chi connectivity index (χ0) is 42.1. The van der Waals surface area contributed by atoms with Crippen molar-refractivity contribution in [1.82, 2.24) is 14.5 Å². The van der Waals surface area contributed by atoms with Crippen molar-refractivity contribution in [3.8, 4) is 56.2 Å². The first-order valence-electron chi connectivity index (χ1n) is 21.0. The molecule has 0 aliphatic carbocycles. The highest BCUT2D eigenvalue weighted by molar-refractivity contribution is 6.02. The van der Waals surface area contributed by atoms with Gasteiger partial charge < -0.3 is 5.11 Å². The average Bonchev–Trinajstić information content (AvgIpc) is 3.54. The molecule has 0 saturated heterocycles. The van der Waals surface area contributed by atoms with Crippen LogP contribution in [-0.4, -0.2) is 19.6 Å². The summed E-state index contributed by atoms with van der Waals surface area (Å²) >= 11 is 0. The molecule has 0 amide bonds. The first-order chi connectivity index (χ1) is 27.9. The zero-order valence-electron chi connectivity index (χ0n) is 36.8. The van der Waals surface area contributed by atoms with Gasteiger partial charge in [-0.15, -0.1) is 0 Å². The van der Waals surface area contributed by atoms with Crippen LogP contribution < -0.4 is 0 Å². The summed E-state index contributed by atoms with van der Waals surface area (Å²) in [6, 6.07) is 39.6. The highest BCUT2D eigenvalue weighted by Gasteiger charge is 2.29. The first-order valence-corrected chi connectivity index (χ1v) is 21.0. The Balaban J connectivity index is 1.58. The molecule has 8 aromatic rings. The van der Waals surface area contributed by atoms with Gasteiger partial charge in [-0.1, -0.05) is 134 Å². The van der Waals surface area contributed by atoms with Gasteiger partial charge in [-0.3, -0.25) is 9.55 Å². The number of pyridine rings is 1. The molecule has 298 valence electrons. The molecule has 0 bridgehead atoms. The molecular weight excluding hydrogens is 719 g/mol. The molecular formula is C55H57N3O. The lowest BCUT2D eigenvalue weighted by molar-refractivity contribution is 0.476. The normalized spacial score (nSPS) is 12.3. The lowest BCUT2D eigenvalue weighted by Crippen LogP contribution is -2.19. The molecule has 0 atom stereocenters. The van der Waals surface area contributed by atoms with Crippen LogP contribution in [0.15, 0.2) is 115 Å². The fourth-order valence-corrected chi connectivity index (χ4v) is 9.05. The predicted octanol–water partition coefficient (Wildman–Crippen LogP) is 14.9. The summed E-state index contributed by atoms with van der Waals surface area (Å²) in [5.41, 5.74) is 19.5. The minimum absolute atomic E-state index is 0.124. The summed E-state index contributed by atoms with van der Waals surface area (Å²) < 4.78 is 2.31. The summed E-state index contributed by atoms with van der Waals surface area (Å²) in [5, 5.41) is 12.8. The summed E-state index contributed by atoms with van der Waals surface area (Å²) in [6.07, 6.45) is 1.88. The van der Waals surface area contributed by atoms with Crippen LogP contribution in [0.3, 0.4) is 0 Å². The number of aromatic nitrogens is 3. The number of para-hydroxylation sites is 1. The van der Waals surface area contributed by atoms with Crippen molar-refractivity contribution >= 4 is 21.9 Å². The van der Waals surface area contributed by atoms with Crippen LogP contribution in [0.25, 0.3) is 72.4 Å². The minimum atomic E-state index is -0.124. The van der Waals surface area contributed by atoms with Gasteiger partial charge in [0.25, 0.3) is 0 Å². The average molecular weight is 776 g/mol. The number of imidazole rings is 1. The van der Waals surface area contributed by atoms with Gasteiger partial charge in [0, 0.05) is 22.7 Å². The molecule has 4 nitrogen and oxygen atoms in total. The van der Waals surface area contributed by atoms with E-state index >= 15 is 0 Å². The van der Waals surface area contributed by atoms with Crippen molar-refractivity contribution in [2.24, 2.45) is 0 Å². The number of phenolic OH excluding ortho intramolecular Hbond substituents is 1. The summed E-state index contributed by atoms with van der Waals surface area (Å²) in [4.78, 5) is 10.5. The fourth-order valence-electron chi connectivity index (χ4n) is 9.05. The van der Waals surface area contributed by atoms with Gasteiger partial charge in [-0.05, 0) is 136 Å². The summed E-state index contributed by atoms with van der Waals surface area (Å²) in [6.45, 7) is 27.0. The Morgan fingerprint density at radius 1 is 0.576 bits per heavy atom. The lowest BCUT2D eigenvalue weighted by atomic mass is 9.74. The number of hydrogen-bond acceptors (Lipinski definition) is 3. The molecule has 2 heterocycles.